The number of nitrogens with zero attached hydrogens (tertiary/aromatic N) is 4. The van der Waals surface area contributed by atoms with Gasteiger partial charge in [0.05, 0.1) is 0 Å². The molecule has 4 heteroatoms. The van der Waals surface area contributed by atoms with Crippen LogP contribution in [0.4, 0.5) is 68.2 Å². The molecule has 0 N–H and O–H groups in total. The van der Waals surface area contributed by atoms with Crippen molar-refractivity contribution in [2.24, 2.45) is 0 Å². The fourth-order valence-electron chi connectivity index (χ4n) is 12.8. The summed E-state index contributed by atoms with van der Waals surface area (Å²) in [6.07, 6.45) is 0. The minimum Gasteiger partial charge on any atom is -0.310 e. The monoisotopic (exact) mass is 1120 g/mol. The molecule has 16 aromatic rings. The maximum atomic E-state index is 2.41. The molecule has 0 aliphatic heterocycles. The van der Waals surface area contributed by atoms with Crippen molar-refractivity contribution in [1.82, 2.24) is 0 Å². The molecule has 0 aromatic heterocycles. The molecule has 0 aliphatic carbocycles. The van der Waals surface area contributed by atoms with E-state index >= 15 is 0 Å². The van der Waals surface area contributed by atoms with Crippen LogP contribution in [0, 0.1) is 0 Å². The van der Waals surface area contributed by atoms with E-state index in [0.29, 0.717) is 0 Å². The van der Waals surface area contributed by atoms with Gasteiger partial charge >= 0.3 is 0 Å². The van der Waals surface area contributed by atoms with Crippen LogP contribution in [-0.4, -0.2) is 0 Å². The molecular formula is C84H58N4. The van der Waals surface area contributed by atoms with E-state index in [9.17, 15) is 0 Å². The van der Waals surface area contributed by atoms with Crippen LogP contribution in [0.1, 0.15) is 0 Å². The van der Waals surface area contributed by atoms with Gasteiger partial charge in [-0.2, -0.15) is 0 Å². The Morgan fingerprint density at radius 3 is 0.682 bits per heavy atom. The second-order valence-electron chi connectivity index (χ2n) is 22.7. The van der Waals surface area contributed by atoms with Crippen LogP contribution in [0.3, 0.4) is 0 Å². The summed E-state index contributed by atoms with van der Waals surface area (Å²) < 4.78 is 0. The van der Waals surface area contributed by atoms with Crippen LogP contribution in [0.5, 0.6) is 0 Å². The van der Waals surface area contributed by atoms with Crippen molar-refractivity contribution in [2.75, 3.05) is 19.6 Å². The third-order valence-corrected chi connectivity index (χ3v) is 17.2. The molecule has 0 spiro atoms. The van der Waals surface area contributed by atoms with E-state index in [2.05, 4.69) is 371 Å². The van der Waals surface area contributed by atoms with E-state index in [1.54, 1.807) is 0 Å². The van der Waals surface area contributed by atoms with Crippen LogP contribution < -0.4 is 19.6 Å². The van der Waals surface area contributed by atoms with Crippen molar-refractivity contribution < 1.29 is 0 Å². The van der Waals surface area contributed by atoms with Crippen LogP contribution in [0.25, 0.3) is 75.8 Å². The summed E-state index contributed by atoms with van der Waals surface area (Å²) in [7, 11) is 0. The molecule has 0 bridgehead atoms. The van der Waals surface area contributed by atoms with Crippen molar-refractivity contribution in [2.45, 2.75) is 0 Å². The summed E-state index contributed by atoms with van der Waals surface area (Å²) in [5.74, 6) is 0. The zero-order chi connectivity index (χ0) is 58.3. The normalized spacial score (nSPS) is 11.4. The largest absolute Gasteiger partial charge is 0.310 e. The Balaban J connectivity index is 0.755. The van der Waals surface area contributed by atoms with Gasteiger partial charge in [0.2, 0.25) is 0 Å². The number of fused-ring (bicyclic) bond motifs is 6. The molecule has 0 atom stereocenters. The Kier molecular flexibility index (Phi) is 13.2. The fraction of sp³-hybridized carbons (Fsp3) is 0. The molecule has 16 rings (SSSR count). The predicted molar refractivity (Wildman–Crippen MR) is 376 cm³/mol. The lowest BCUT2D eigenvalue weighted by atomic mass is 9.99. The maximum absolute atomic E-state index is 2.41. The number of hydrogen-bond donors (Lipinski definition) is 0. The molecule has 0 heterocycles. The lowest BCUT2D eigenvalue weighted by Gasteiger charge is -2.28. The molecule has 0 fully saturated rings. The lowest BCUT2D eigenvalue weighted by molar-refractivity contribution is 1.28. The Morgan fingerprint density at radius 2 is 0.330 bits per heavy atom. The second-order valence-corrected chi connectivity index (χ2v) is 22.7. The van der Waals surface area contributed by atoms with Gasteiger partial charge in [0.25, 0.3) is 0 Å². The fourth-order valence-corrected chi connectivity index (χ4v) is 12.8. The van der Waals surface area contributed by atoms with Gasteiger partial charge < -0.3 is 19.6 Å². The predicted octanol–water partition coefficient (Wildman–Crippen LogP) is 24.2. The van der Waals surface area contributed by atoms with Crippen LogP contribution >= 0.6 is 0 Å². The standard InChI is InChI=1S/C84H58N4/c1-4-24-73(25-5-1)85(74-26-6-2-7-27-74)77-45-37-69-55-78(46-38-68(69)54-77)86(75-28-8-3-9-29-75)76-30-16-23-66(53-76)67-32-31-62-36-44-84(58-72(62)49-67)88(81-43-35-61-19-12-15-22-65(61)52-81)83-48-40-70-56-82(47-39-71(70)57-83)87(79-41-33-59-17-10-13-20-63(59)50-79)80-42-34-60-18-11-14-21-64(60)51-80/h1-58H. The number of rotatable bonds is 13. The summed E-state index contributed by atoms with van der Waals surface area (Å²) in [4.78, 5) is 9.48. The smallest absolute Gasteiger partial charge is 0.0468 e. The van der Waals surface area contributed by atoms with Gasteiger partial charge in [0, 0.05) is 68.2 Å². The summed E-state index contributed by atoms with van der Waals surface area (Å²) in [5, 5.41) is 14.2. The van der Waals surface area contributed by atoms with Crippen LogP contribution in [0.15, 0.2) is 352 Å². The Labute approximate surface area is 512 Å². The van der Waals surface area contributed by atoms with Crippen molar-refractivity contribution in [3.05, 3.63) is 352 Å². The minimum atomic E-state index is 1.08. The van der Waals surface area contributed by atoms with E-state index in [-0.39, 0.29) is 0 Å². The zero-order valence-corrected chi connectivity index (χ0v) is 48.3. The van der Waals surface area contributed by atoms with E-state index in [4.69, 9.17) is 0 Å². The van der Waals surface area contributed by atoms with Gasteiger partial charge in [-0.1, -0.05) is 200 Å². The molecular weight excluding hydrogens is 1060 g/mol. The molecule has 0 aliphatic rings. The second kappa shape index (κ2) is 22.4. The third kappa shape index (κ3) is 9.94. The first-order valence-electron chi connectivity index (χ1n) is 30.1. The first-order chi connectivity index (χ1) is 43.6. The Bertz CT molecular complexity index is 5140. The van der Waals surface area contributed by atoms with Crippen molar-refractivity contribution in [3.63, 3.8) is 0 Å². The lowest BCUT2D eigenvalue weighted by Crippen LogP contribution is -2.11. The highest BCUT2D eigenvalue weighted by atomic mass is 15.2. The quantitative estimate of drug-likeness (QED) is 0.114. The molecule has 0 radical (unpaired) electrons. The van der Waals surface area contributed by atoms with Gasteiger partial charge in [0.15, 0.2) is 0 Å². The highest BCUT2D eigenvalue weighted by Crippen LogP contribution is 2.45. The van der Waals surface area contributed by atoms with Gasteiger partial charge in [-0.3, -0.25) is 0 Å². The topological polar surface area (TPSA) is 13.0 Å². The molecule has 88 heavy (non-hydrogen) atoms. The maximum Gasteiger partial charge on any atom is 0.0468 e. The van der Waals surface area contributed by atoms with Crippen molar-refractivity contribution >= 4 is 133 Å². The number of para-hydroxylation sites is 3. The van der Waals surface area contributed by atoms with Gasteiger partial charge in [0.1, 0.15) is 0 Å². The molecule has 0 unspecified atom stereocenters. The third-order valence-electron chi connectivity index (χ3n) is 17.2. The minimum absolute atomic E-state index is 1.08. The van der Waals surface area contributed by atoms with Gasteiger partial charge in [-0.05, 0) is 227 Å². The molecule has 0 saturated heterocycles. The number of anilines is 12. The number of hydrogen-bond acceptors (Lipinski definition) is 4. The first-order valence-corrected chi connectivity index (χ1v) is 30.1. The van der Waals surface area contributed by atoms with E-state index in [1.165, 1.54) is 43.1 Å². The molecule has 0 amide bonds. The molecule has 414 valence electrons. The van der Waals surface area contributed by atoms with Crippen LogP contribution in [0.2, 0.25) is 0 Å². The van der Waals surface area contributed by atoms with Gasteiger partial charge in [-0.25, -0.2) is 0 Å². The SMILES string of the molecule is c1ccc(N(c2ccccc2)c2ccc3cc(N(c4ccccc4)c4cccc(-c5ccc6ccc(N(c7ccc8ccccc8c7)c7ccc8cc(N(c9ccc%10ccccc%10c9)c9ccc%10ccccc%10c9)ccc8c7)cc6c5)c4)ccc3c2)cc1. The average Bonchev–Trinajstić information content (AvgIpc) is 1.78. The summed E-state index contributed by atoms with van der Waals surface area (Å²) in [5.41, 5.74) is 15.4. The summed E-state index contributed by atoms with van der Waals surface area (Å²) in [6, 6.07) is 128. The summed E-state index contributed by atoms with van der Waals surface area (Å²) >= 11 is 0. The number of benzene rings is 16. The van der Waals surface area contributed by atoms with E-state index in [0.717, 1.165) is 101 Å². The van der Waals surface area contributed by atoms with Crippen molar-refractivity contribution in [3.8, 4) is 11.1 Å². The first kappa shape index (κ1) is 51.9. The average molecular weight is 1120 g/mol. The molecule has 0 saturated carbocycles. The van der Waals surface area contributed by atoms with Crippen LogP contribution in [-0.2, 0) is 0 Å². The Morgan fingerprint density at radius 1 is 0.114 bits per heavy atom. The zero-order valence-electron chi connectivity index (χ0n) is 48.3. The van der Waals surface area contributed by atoms with E-state index in [1.807, 2.05) is 0 Å². The van der Waals surface area contributed by atoms with Crippen molar-refractivity contribution in [1.29, 1.82) is 0 Å². The highest BCUT2D eigenvalue weighted by Gasteiger charge is 2.20. The molecule has 4 nitrogen and oxygen atoms in total. The van der Waals surface area contributed by atoms with Gasteiger partial charge in [-0.15, -0.1) is 0 Å². The Hall–Kier alpha value is -11.7. The summed E-state index contributed by atoms with van der Waals surface area (Å²) in [6.45, 7) is 0. The highest BCUT2D eigenvalue weighted by molar-refractivity contribution is 6.00. The molecule has 16 aromatic carbocycles. The van der Waals surface area contributed by atoms with E-state index < -0.39 is 0 Å².